The summed E-state index contributed by atoms with van der Waals surface area (Å²) in [7, 11) is 0. The number of carbonyl (C=O) groups is 1. The summed E-state index contributed by atoms with van der Waals surface area (Å²) in [5.74, 6) is 1.80. The van der Waals surface area contributed by atoms with Crippen molar-refractivity contribution in [3.8, 4) is 0 Å². The van der Waals surface area contributed by atoms with Gasteiger partial charge in [-0.1, -0.05) is 36.8 Å². The zero-order valence-corrected chi connectivity index (χ0v) is 8.15. The molecule has 1 aromatic carbocycles. The quantitative estimate of drug-likeness (QED) is 0.659. The van der Waals surface area contributed by atoms with Crippen LogP contribution < -0.4 is 0 Å². The number of Topliss-reactive ketones (excluding diaryl/α,β-unsaturated/α-hetero) is 1. The molecule has 2 atom stereocenters. The van der Waals surface area contributed by atoms with Crippen molar-refractivity contribution in [2.24, 2.45) is 11.8 Å². The van der Waals surface area contributed by atoms with Gasteiger partial charge in [0.15, 0.2) is 0 Å². The fraction of sp³-hybridized carbons (Fsp3) is 0.462. The highest BCUT2D eigenvalue weighted by atomic mass is 16.1. The molecule has 0 aliphatic heterocycles. The predicted molar refractivity (Wildman–Crippen MR) is 55.0 cm³/mol. The Balaban J connectivity index is 1.92. The Kier molecular flexibility index (Phi) is 1.73. The van der Waals surface area contributed by atoms with Crippen molar-refractivity contribution < 1.29 is 4.79 Å². The fourth-order valence-electron chi connectivity index (χ4n) is 3.13. The molecule has 2 aliphatic rings. The van der Waals surface area contributed by atoms with Gasteiger partial charge in [-0.15, -0.1) is 0 Å². The van der Waals surface area contributed by atoms with E-state index in [1.165, 1.54) is 12.0 Å². The smallest absolute Gasteiger partial charge is 0.140 e. The number of ketones is 1. The van der Waals surface area contributed by atoms with Crippen LogP contribution in [0.25, 0.3) is 0 Å². The van der Waals surface area contributed by atoms with Gasteiger partial charge in [0.1, 0.15) is 5.78 Å². The molecule has 1 aromatic rings. The molecule has 2 unspecified atom stereocenters. The van der Waals surface area contributed by atoms with Crippen molar-refractivity contribution >= 4 is 5.78 Å². The number of benzene rings is 1. The third kappa shape index (κ3) is 0.985. The monoisotopic (exact) mass is 186 g/mol. The lowest BCUT2D eigenvalue weighted by molar-refractivity contribution is -0.142. The zero-order valence-electron chi connectivity index (χ0n) is 8.15. The van der Waals surface area contributed by atoms with Crippen LogP contribution in [0.3, 0.4) is 0 Å². The average Bonchev–Trinajstić information content (AvgIpc) is 2.29. The Labute approximate surface area is 84.1 Å². The lowest BCUT2D eigenvalue weighted by atomic mass is 9.54. The molecule has 0 amide bonds. The van der Waals surface area contributed by atoms with Gasteiger partial charge in [-0.05, 0) is 18.4 Å². The van der Waals surface area contributed by atoms with Gasteiger partial charge in [0, 0.05) is 17.8 Å². The molecule has 0 saturated heterocycles. The van der Waals surface area contributed by atoms with Gasteiger partial charge < -0.3 is 0 Å². The van der Waals surface area contributed by atoms with Crippen LogP contribution in [0.15, 0.2) is 30.3 Å². The Morgan fingerprint density at radius 3 is 2.21 bits per heavy atom. The second-order valence-corrected chi connectivity index (χ2v) is 4.48. The summed E-state index contributed by atoms with van der Waals surface area (Å²) in [6.45, 7) is 0. The Morgan fingerprint density at radius 2 is 1.64 bits per heavy atom. The first-order chi connectivity index (χ1) is 6.88. The molecule has 2 aliphatic carbocycles. The molecule has 0 N–H and O–H groups in total. The molecule has 0 aromatic heterocycles. The van der Waals surface area contributed by atoms with Crippen molar-refractivity contribution in [2.45, 2.75) is 25.2 Å². The minimum Gasteiger partial charge on any atom is -0.299 e. The number of hydrogen-bond acceptors (Lipinski definition) is 1. The van der Waals surface area contributed by atoms with E-state index in [4.69, 9.17) is 0 Å². The van der Waals surface area contributed by atoms with Crippen molar-refractivity contribution in [3.63, 3.8) is 0 Å². The number of rotatable bonds is 1. The molecule has 0 heterocycles. The Morgan fingerprint density at radius 1 is 1.00 bits per heavy atom. The summed E-state index contributed by atoms with van der Waals surface area (Å²) in [4.78, 5) is 11.6. The maximum absolute atomic E-state index is 11.6. The van der Waals surface area contributed by atoms with E-state index in [2.05, 4.69) is 24.3 Å². The largest absolute Gasteiger partial charge is 0.299 e. The van der Waals surface area contributed by atoms with E-state index in [0.717, 1.165) is 12.8 Å². The van der Waals surface area contributed by atoms with Gasteiger partial charge >= 0.3 is 0 Å². The second-order valence-electron chi connectivity index (χ2n) is 4.48. The lowest BCUT2D eigenvalue weighted by Gasteiger charge is -2.47. The topological polar surface area (TPSA) is 17.1 Å². The summed E-state index contributed by atoms with van der Waals surface area (Å²) < 4.78 is 0. The summed E-state index contributed by atoms with van der Waals surface area (Å²) in [6, 6.07) is 10.5. The van der Waals surface area contributed by atoms with Crippen LogP contribution in [0.1, 0.15) is 30.7 Å². The first kappa shape index (κ1) is 8.22. The van der Waals surface area contributed by atoms with Gasteiger partial charge in [-0.2, -0.15) is 0 Å². The Bertz CT molecular complexity index is 341. The average molecular weight is 186 g/mol. The lowest BCUT2D eigenvalue weighted by Crippen LogP contribution is -2.48. The van der Waals surface area contributed by atoms with Crippen LogP contribution in [0.2, 0.25) is 0 Å². The second kappa shape index (κ2) is 2.94. The molecule has 14 heavy (non-hydrogen) atoms. The third-order valence-corrected chi connectivity index (χ3v) is 3.81. The van der Waals surface area contributed by atoms with Crippen molar-refractivity contribution in [1.82, 2.24) is 0 Å². The van der Waals surface area contributed by atoms with E-state index in [1.54, 1.807) is 0 Å². The molecule has 1 heteroatoms. The first-order valence-electron chi connectivity index (χ1n) is 5.46. The van der Waals surface area contributed by atoms with E-state index in [0.29, 0.717) is 23.5 Å². The number of hydrogen-bond donors (Lipinski definition) is 0. The van der Waals surface area contributed by atoms with E-state index in [-0.39, 0.29) is 0 Å². The molecule has 2 fully saturated rings. The number of carbonyl (C=O) groups excluding carboxylic acids is 1. The van der Waals surface area contributed by atoms with Gasteiger partial charge in [-0.25, -0.2) is 0 Å². The van der Waals surface area contributed by atoms with Crippen LogP contribution in [0.5, 0.6) is 0 Å². The SMILES string of the molecule is O=C1C2CCCC1C2c1ccccc1. The molecular formula is C13H14O. The maximum Gasteiger partial charge on any atom is 0.140 e. The minimum atomic E-state index is 0.358. The highest BCUT2D eigenvalue weighted by molar-refractivity contribution is 5.92. The van der Waals surface area contributed by atoms with Gasteiger partial charge in [0.2, 0.25) is 0 Å². The normalized spacial score (nSPS) is 35.1. The summed E-state index contributed by atoms with van der Waals surface area (Å²) in [5.41, 5.74) is 1.38. The molecule has 0 spiro atoms. The van der Waals surface area contributed by atoms with E-state index in [1.807, 2.05) is 6.07 Å². The molecule has 2 saturated carbocycles. The molecular weight excluding hydrogens is 172 g/mol. The third-order valence-electron chi connectivity index (χ3n) is 3.81. The van der Waals surface area contributed by atoms with Crippen LogP contribution in [-0.4, -0.2) is 5.78 Å². The molecule has 1 nitrogen and oxygen atoms in total. The standard InChI is InChI=1S/C13H14O/c14-13-10-7-4-8-11(13)12(10)9-5-2-1-3-6-9/h1-3,5-6,10-12H,4,7-8H2. The van der Waals surface area contributed by atoms with Gasteiger partial charge in [-0.3, -0.25) is 4.79 Å². The molecule has 0 radical (unpaired) electrons. The summed E-state index contributed by atoms with van der Waals surface area (Å²) >= 11 is 0. The van der Waals surface area contributed by atoms with Crippen LogP contribution >= 0.6 is 0 Å². The van der Waals surface area contributed by atoms with Crippen molar-refractivity contribution in [3.05, 3.63) is 35.9 Å². The van der Waals surface area contributed by atoms with Crippen LogP contribution in [-0.2, 0) is 4.79 Å². The zero-order chi connectivity index (χ0) is 9.54. The van der Waals surface area contributed by atoms with E-state index < -0.39 is 0 Å². The molecule has 3 rings (SSSR count). The predicted octanol–water partition coefficient (Wildman–Crippen LogP) is 2.77. The highest BCUT2D eigenvalue weighted by Gasteiger charge is 2.51. The summed E-state index contributed by atoms with van der Waals surface area (Å²) in [5, 5.41) is 0. The molecule has 72 valence electrons. The molecule has 2 bridgehead atoms. The maximum atomic E-state index is 11.6. The number of fused-ring (bicyclic) bond motifs is 2. The van der Waals surface area contributed by atoms with Gasteiger partial charge in [0.05, 0.1) is 0 Å². The first-order valence-corrected chi connectivity index (χ1v) is 5.46. The Hall–Kier alpha value is -1.11. The highest BCUT2D eigenvalue weighted by Crippen LogP contribution is 2.53. The van der Waals surface area contributed by atoms with Crippen molar-refractivity contribution in [1.29, 1.82) is 0 Å². The minimum absolute atomic E-state index is 0.358. The van der Waals surface area contributed by atoms with E-state index in [9.17, 15) is 4.79 Å². The van der Waals surface area contributed by atoms with Crippen LogP contribution in [0.4, 0.5) is 0 Å². The van der Waals surface area contributed by atoms with Crippen LogP contribution in [0, 0.1) is 11.8 Å². The van der Waals surface area contributed by atoms with Crippen molar-refractivity contribution in [2.75, 3.05) is 0 Å². The van der Waals surface area contributed by atoms with Gasteiger partial charge in [0.25, 0.3) is 0 Å². The van der Waals surface area contributed by atoms with E-state index >= 15 is 0 Å². The summed E-state index contributed by atoms with van der Waals surface area (Å²) in [6.07, 6.45) is 3.49. The fourth-order valence-corrected chi connectivity index (χ4v) is 3.13.